The molecule has 1 saturated heterocycles. The first-order valence-corrected chi connectivity index (χ1v) is 4.14. The topological polar surface area (TPSA) is 38.3 Å². The van der Waals surface area contributed by atoms with Gasteiger partial charge < -0.3 is 10.1 Å². The maximum absolute atomic E-state index is 11.1. The number of esters is 1. The van der Waals surface area contributed by atoms with Gasteiger partial charge in [-0.3, -0.25) is 4.79 Å². The van der Waals surface area contributed by atoms with E-state index in [1.54, 1.807) is 0 Å². The maximum Gasteiger partial charge on any atom is 0.323 e. The lowest BCUT2D eigenvalue weighted by molar-refractivity contribution is -0.144. The van der Waals surface area contributed by atoms with Gasteiger partial charge in [-0.05, 0) is 31.2 Å². The van der Waals surface area contributed by atoms with E-state index in [4.69, 9.17) is 0 Å². The summed E-state index contributed by atoms with van der Waals surface area (Å²) in [4.78, 5) is 11.1. The predicted molar refractivity (Wildman–Crippen MR) is 40.0 cm³/mol. The van der Waals surface area contributed by atoms with Crippen molar-refractivity contribution in [2.45, 2.75) is 18.9 Å². The van der Waals surface area contributed by atoms with Gasteiger partial charge in [0, 0.05) is 0 Å². The zero-order valence-electron chi connectivity index (χ0n) is 6.67. The van der Waals surface area contributed by atoms with E-state index >= 15 is 0 Å². The number of nitrogens with one attached hydrogen (secondary N) is 1. The number of fused-ring (bicyclic) bond motifs is 1. The average molecular weight is 155 g/mol. The third-order valence-electron chi connectivity index (χ3n) is 2.74. The van der Waals surface area contributed by atoms with Crippen LogP contribution in [0.25, 0.3) is 0 Å². The molecule has 3 unspecified atom stereocenters. The van der Waals surface area contributed by atoms with Gasteiger partial charge >= 0.3 is 5.97 Å². The first-order valence-electron chi connectivity index (χ1n) is 4.14. The van der Waals surface area contributed by atoms with Crippen molar-refractivity contribution in [3.63, 3.8) is 0 Å². The number of methoxy groups -OCH3 is 1. The molecule has 3 nitrogen and oxygen atoms in total. The van der Waals surface area contributed by atoms with Crippen LogP contribution >= 0.6 is 0 Å². The van der Waals surface area contributed by atoms with Gasteiger partial charge in [0.05, 0.1) is 7.11 Å². The van der Waals surface area contributed by atoms with Crippen molar-refractivity contribution in [3.05, 3.63) is 0 Å². The fourth-order valence-electron chi connectivity index (χ4n) is 1.97. The minimum Gasteiger partial charge on any atom is -0.468 e. The van der Waals surface area contributed by atoms with E-state index in [0.717, 1.165) is 12.5 Å². The highest BCUT2D eigenvalue weighted by Crippen LogP contribution is 2.46. The Balaban J connectivity index is 1.97. The van der Waals surface area contributed by atoms with E-state index in [-0.39, 0.29) is 12.0 Å². The second kappa shape index (κ2) is 2.48. The van der Waals surface area contributed by atoms with Crippen LogP contribution in [0, 0.1) is 11.8 Å². The van der Waals surface area contributed by atoms with Crippen molar-refractivity contribution in [2.24, 2.45) is 11.8 Å². The van der Waals surface area contributed by atoms with Gasteiger partial charge in [-0.25, -0.2) is 0 Å². The maximum atomic E-state index is 11.1. The van der Waals surface area contributed by atoms with Crippen molar-refractivity contribution >= 4 is 5.97 Å². The normalized spacial score (nSPS) is 41.0. The summed E-state index contributed by atoms with van der Waals surface area (Å²) in [5.74, 6) is 1.30. The number of carbonyl (C=O) groups excluding carboxylic acids is 1. The fourth-order valence-corrected chi connectivity index (χ4v) is 1.97. The number of piperidine rings is 1. The number of carbonyl (C=O) groups is 1. The molecule has 1 saturated carbocycles. The molecule has 2 rings (SSSR count). The molecule has 2 fully saturated rings. The molecule has 0 bridgehead atoms. The summed E-state index contributed by atoms with van der Waals surface area (Å²) in [6.45, 7) is 0.973. The van der Waals surface area contributed by atoms with Gasteiger partial charge in [-0.15, -0.1) is 0 Å². The second-order valence-electron chi connectivity index (χ2n) is 3.40. The molecule has 1 aliphatic carbocycles. The minimum absolute atomic E-state index is 0.00116. The highest BCUT2D eigenvalue weighted by atomic mass is 16.5. The van der Waals surface area contributed by atoms with Crippen LogP contribution in [-0.2, 0) is 9.53 Å². The van der Waals surface area contributed by atoms with Gasteiger partial charge in [0.1, 0.15) is 6.04 Å². The third kappa shape index (κ3) is 1.13. The van der Waals surface area contributed by atoms with Gasteiger partial charge in [0.15, 0.2) is 0 Å². The molecule has 0 radical (unpaired) electrons. The summed E-state index contributed by atoms with van der Waals surface area (Å²) < 4.78 is 4.69. The van der Waals surface area contributed by atoms with Crippen LogP contribution in [0.1, 0.15) is 12.8 Å². The molecule has 0 amide bonds. The Morgan fingerprint density at radius 2 is 2.45 bits per heavy atom. The summed E-state index contributed by atoms with van der Waals surface area (Å²) in [5, 5.41) is 3.19. The Kier molecular flexibility index (Phi) is 1.60. The fraction of sp³-hybridized carbons (Fsp3) is 0.875. The lowest BCUT2D eigenvalue weighted by Gasteiger charge is -2.20. The first kappa shape index (κ1) is 7.10. The van der Waals surface area contributed by atoms with Crippen LogP contribution in [0.3, 0.4) is 0 Å². The highest BCUT2D eigenvalue weighted by molar-refractivity contribution is 5.76. The zero-order valence-corrected chi connectivity index (χ0v) is 6.67. The van der Waals surface area contributed by atoms with Crippen molar-refractivity contribution in [1.29, 1.82) is 0 Å². The van der Waals surface area contributed by atoms with E-state index < -0.39 is 0 Å². The minimum atomic E-state index is -0.0859. The van der Waals surface area contributed by atoms with E-state index in [2.05, 4.69) is 10.1 Å². The molecule has 0 spiro atoms. The molecule has 3 heteroatoms. The Morgan fingerprint density at radius 3 is 3.18 bits per heavy atom. The molecular weight excluding hydrogens is 142 g/mol. The summed E-state index contributed by atoms with van der Waals surface area (Å²) in [5.41, 5.74) is 0. The third-order valence-corrected chi connectivity index (χ3v) is 2.74. The van der Waals surface area contributed by atoms with E-state index in [1.165, 1.54) is 20.0 Å². The summed E-state index contributed by atoms with van der Waals surface area (Å²) in [7, 11) is 1.45. The van der Waals surface area contributed by atoms with Gasteiger partial charge in [0.2, 0.25) is 0 Å². The molecular formula is C8H13NO2. The average Bonchev–Trinajstić information content (AvgIpc) is 2.80. The zero-order chi connectivity index (χ0) is 7.84. The Morgan fingerprint density at radius 1 is 1.64 bits per heavy atom. The predicted octanol–water partition coefficient (Wildman–Crippen LogP) is 0.157. The largest absolute Gasteiger partial charge is 0.468 e. The number of hydrogen-bond donors (Lipinski definition) is 1. The Bertz CT molecular complexity index is 181. The van der Waals surface area contributed by atoms with Gasteiger partial charge in [-0.1, -0.05) is 0 Å². The van der Waals surface area contributed by atoms with Crippen molar-refractivity contribution < 1.29 is 9.53 Å². The quantitative estimate of drug-likeness (QED) is 0.548. The van der Waals surface area contributed by atoms with E-state index in [0.29, 0.717) is 5.92 Å². The molecule has 0 aromatic heterocycles. The SMILES string of the molecule is COC(=O)C1NCCC2CC21. The standard InChI is InChI=1S/C8H13NO2/c1-11-8(10)7-6-4-5(6)2-3-9-7/h5-7,9H,2-4H2,1H3. The number of ether oxygens (including phenoxy) is 1. The molecule has 11 heavy (non-hydrogen) atoms. The highest BCUT2D eigenvalue weighted by Gasteiger charge is 2.48. The lowest BCUT2D eigenvalue weighted by atomic mass is 10.1. The lowest BCUT2D eigenvalue weighted by Crippen LogP contribution is -2.43. The second-order valence-corrected chi connectivity index (χ2v) is 3.40. The van der Waals surface area contributed by atoms with Gasteiger partial charge in [-0.2, -0.15) is 0 Å². The summed E-state index contributed by atoms with van der Waals surface area (Å²) in [6.07, 6.45) is 2.45. The molecule has 1 heterocycles. The molecule has 62 valence electrons. The van der Waals surface area contributed by atoms with E-state index in [9.17, 15) is 4.79 Å². The van der Waals surface area contributed by atoms with Crippen LogP contribution in [-0.4, -0.2) is 25.7 Å². The molecule has 3 atom stereocenters. The molecule has 1 aliphatic heterocycles. The Labute approximate surface area is 66.1 Å². The van der Waals surface area contributed by atoms with Gasteiger partial charge in [0.25, 0.3) is 0 Å². The molecule has 1 N–H and O–H groups in total. The van der Waals surface area contributed by atoms with Crippen molar-refractivity contribution in [1.82, 2.24) is 5.32 Å². The van der Waals surface area contributed by atoms with Crippen molar-refractivity contribution in [2.75, 3.05) is 13.7 Å². The number of rotatable bonds is 1. The molecule has 0 aromatic rings. The van der Waals surface area contributed by atoms with Crippen LogP contribution in [0.5, 0.6) is 0 Å². The first-order chi connectivity index (χ1) is 5.33. The summed E-state index contributed by atoms with van der Waals surface area (Å²) >= 11 is 0. The summed E-state index contributed by atoms with van der Waals surface area (Å²) in [6, 6.07) is -0.00116. The van der Waals surface area contributed by atoms with Crippen LogP contribution in [0.2, 0.25) is 0 Å². The smallest absolute Gasteiger partial charge is 0.323 e. The van der Waals surface area contributed by atoms with Crippen LogP contribution in [0.4, 0.5) is 0 Å². The van der Waals surface area contributed by atoms with E-state index in [1.807, 2.05) is 0 Å². The molecule has 2 aliphatic rings. The number of hydrogen-bond acceptors (Lipinski definition) is 3. The monoisotopic (exact) mass is 155 g/mol. The van der Waals surface area contributed by atoms with Crippen LogP contribution < -0.4 is 5.32 Å². The Hall–Kier alpha value is -0.570. The molecule has 0 aromatic carbocycles. The van der Waals surface area contributed by atoms with Crippen molar-refractivity contribution in [3.8, 4) is 0 Å². The van der Waals surface area contributed by atoms with Crippen LogP contribution in [0.15, 0.2) is 0 Å².